The minimum Gasteiger partial charge on any atom is -0.497 e. The van der Waals surface area contributed by atoms with Gasteiger partial charge in [-0.3, -0.25) is 18.7 Å². The molecule has 7 nitrogen and oxygen atoms in total. The molecule has 0 fully saturated rings. The van der Waals surface area contributed by atoms with Crippen LogP contribution in [-0.4, -0.2) is 22.2 Å². The van der Waals surface area contributed by atoms with Gasteiger partial charge in [0, 0.05) is 16.8 Å². The number of fused-ring (bicyclic) bond motifs is 1. The number of rotatable bonds is 6. The topological polar surface area (TPSA) is 82.3 Å². The van der Waals surface area contributed by atoms with E-state index in [0.717, 1.165) is 4.57 Å². The lowest BCUT2D eigenvalue weighted by molar-refractivity contribution is -0.116. The van der Waals surface area contributed by atoms with Gasteiger partial charge in [0.2, 0.25) is 5.91 Å². The predicted molar refractivity (Wildman–Crippen MR) is 123 cm³/mol. The highest BCUT2D eigenvalue weighted by Crippen LogP contribution is 2.19. The zero-order chi connectivity index (χ0) is 22.0. The van der Waals surface area contributed by atoms with Crippen molar-refractivity contribution in [3.8, 4) is 5.75 Å². The molecule has 4 aromatic rings. The van der Waals surface area contributed by atoms with Crippen LogP contribution in [0.1, 0.15) is 5.56 Å². The predicted octanol–water partition coefficient (Wildman–Crippen LogP) is 3.57. The smallest absolute Gasteiger partial charge is 0.332 e. The Bertz CT molecular complexity index is 1390. The number of carbonyl (C=O) groups excluding carboxylic acids is 1. The molecule has 0 spiro atoms. The van der Waals surface area contributed by atoms with E-state index in [1.54, 1.807) is 60.0 Å². The number of nitrogens with one attached hydrogen (secondary N) is 1. The first kappa shape index (κ1) is 20.9. The van der Waals surface area contributed by atoms with Gasteiger partial charge in [-0.2, -0.15) is 0 Å². The normalized spacial score (nSPS) is 10.9. The van der Waals surface area contributed by atoms with Crippen molar-refractivity contribution < 1.29 is 9.53 Å². The maximum Gasteiger partial charge on any atom is 0.332 e. The van der Waals surface area contributed by atoms with Crippen molar-refractivity contribution in [1.29, 1.82) is 0 Å². The Kier molecular flexibility index (Phi) is 5.92. The third-order valence-corrected chi connectivity index (χ3v) is 6.04. The third-order valence-electron chi connectivity index (χ3n) is 4.78. The van der Waals surface area contributed by atoms with Crippen LogP contribution in [0, 0.1) is 0 Å². The van der Waals surface area contributed by atoms with Gasteiger partial charge in [-0.25, -0.2) is 4.79 Å². The minimum atomic E-state index is -0.573. The van der Waals surface area contributed by atoms with Crippen LogP contribution >= 0.6 is 22.9 Å². The Morgan fingerprint density at radius 2 is 1.90 bits per heavy atom. The van der Waals surface area contributed by atoms with Crippen molar-refractivity contribution in [2.75, 3.05) is 12.4 Å². The molecule has 0 bridgehead atoms. The number of ether oxygens (including phenoxy) is 1. The van der Waals surface area contributed by atoms with Gasteiger partial charge in [-0.05, 0) is 35.2 Å². The van der Waals surface area contributed by atoms with Crippen LogP contribution in [0.4, 0.5) is 5.69 Å². The SMILES string of the molecule is COc1cccc(NC(=O)Cn2c(=O)n(Cc3ccccc3Cl)c(=O)c3sccc32)c1. The van der Waals surface area contributed by atoms with E-state index in [1.807, 2.05) is 0 Å². The zero-order valence-electron chi connectivity index (χ0n) is 16.5. The van der Waals surface area contributed by atoms with Crippen LogP contribution in [0.5, 0.6) is 5.75 Å². The Labute approximate surface area is 186 Å². The summed E-state index contributed by atoms with van der Waals surface area (Å²) in [5, 5.41) is 4.94. The summed E-state index contributed by atoms with van der Waals surface area (Å²) in [6.07, 6.45) is 0. The Morgan fingerprint density at radius 1 is 1.10 bits per heavy atom. The van der Waals surface area contributed by atoms with Crippen molar-refractivity contribution in [2.24, 2.45) is 0 Å². The largest absolute Gasteiger partial charge is 0.497 e. The summed E-state index contributed by atoms with van der Waals surface area (Å²) >= 11 is 7.45. The molecule has 0 saturated carbocycles. The number of hydrogen-bond acceptors (Lipinski definition) is 5. The van der Waals surface area contributed by atoms with Crippen LogP contribution < -0.4 is 21.3 Å². The average molecular weight is 456 g/mol. The molecular formula is C22H18ClN3O4S. The summed E-state index contributed by atoms with van der Waals surface area (Å²) in [5.74, 6) is 0.203. The molecule has 1 N–H and O–H groups in total. The molecule has 158 valence electrons. The number of benzene rings is 2. The van der Waals surface area contributed by atoms with E-state index in [1.165, 1.54) is 23.0 Å². The van der Waals surface area contributed by atoms with E-state index in [2.05, 4.69) is 5.32 Å². The summed E-state index contributed by atoms with van der Waals surface area (Å²) in [6.45, 7) is -0.227. The van der Waals surface area contributed by atoms with Gasteiger partial charge in [0.25, 0.3) is 5.56 Å². The fourth-order valence-corrected chi connectivity index (χ4v) is 4.31. The third kappa shape index (κ3) is 4.26. The Morgan fingerprint density at radius 3 is 2.68 bits per heavy atom. The number of hydrogen-bond donors (Lipinski definition) is 1. The number of amides is 1. The van der Waals surface area contributed by atoms with Crippen molar-refractivity contribution in [1.82, 2.24) is 9.13 Å². The van der Waals surface area contributed by atoms with Crippen LogP contribution in [0.3, 0.4) is 0 Å². The number of nitrogens with zero attached hydrogens (tertiary/aromatic N) is 2. The quantitative estimate of drug-likeness (QED) is 0.482. The molecule has 0 aliphatic heterocycles. The molecule has 31 heavy (non-hydrogen) atoms. The van der Waals surface area contributed by atoms with Gasteiger partial charge >= 0.3 is 5.69 Å². The zero-order valence-corrected chi connectivity index (χ0v) is 18.1. The standard InChI is InChI=1S/C22H18ClN3O4S/c1-30-16-7-4-6-15(11-16)24-19(27)13-25-18-9-10-31-20(18)21(28)26(22(25)29)12-14-5-2-3-8-17(14)23/h2-11H,12-13H2,1H3,(H,24,27). The van der Waals surface area contributed by atoms with Crippen LogP contribution in [0.15, 0.2) is 69.6 Å². The maximum absolute atomic E-state index is 13.2. The summed E-state index contributed by atoms with van der Waals surface area (Å²) in [5.41, 5.74) is 0.641. The van der Waals surface area contributed by atoms with Crippen LogP contribution in [0.2, 0.25) is 5.02 Å². The average Bonchev–Trinajstić information content (AvgIpc) is 3.25. The lowest BCUT2D eigenvalue weighted by Crippen LogP contribution is -2.41. The molecule has 2 heterocycles. The fourth-order valence-electron chi connectivity index (χ4n) is 3.27. The van der Waals surface area contributed by atoms with Gasteiger partial charge in [-0.15, -0.1) is 11.3 Å². The van der Waals surface area contributed by atoms with Crippen molar-refractivity contribution in [3.63, 3.8) is 0 Å². The van der Waals surface area contributed by atoms with Gasteiger partial charge in [0.1, 0.15) is 17.0 Å². The lowest BCUT2D eigenvalue weighted by Gasteiger charge is -2.13. The molecule has 4 rings (SSSR count). The highest BCUT2D eigenvalue weighted by Gasteiger charge is 2.17. The molecule has 2 aromatic carbocycles. The molecule has 0 unspecified atom stereocenters. The van der Waals surface area contributed by atoms with Crippen molar-refractivity contribution in [3.05, 3.63) is 91.4 Å². The highest BCUT2D eigenvalue weighted by molar-refractivity contribution is 7.17. The number of methoxy groups -OCH3 is 1. The summed E-state index contributed by atoms with van der Waals surface area (Å²) < 4.78 is 7.98. The molecule has 1 amide bonds. The first-order chi connectivity index (χ1) is 15.0. The molecule has 9 heteroatoms. The Balaban J connectivity index is 1.71. The molecule has 0 atom stereocenters. The first-order valence-corrected chi connectivity index (χ1v) is 10.6. The second-order valence-electron chi connectivity index (χ2n) is 6.77. The second kappa shape index (κ2) is 8.79. The van der Waals surface area contributed by atoms with Gasteiger partial charge < -0.3 is 10.1 Å². The first-order valence-electron chi connectivity index (χ1n) is 9.36. The number of aromatic nitrogens is 2. The monoisotopic (exact) mass is 455 g/mol. The number of anilines is 1. The summed E-state index contributed by atoms with van der Waals surface area (Å²) in [7, 11) is 1.54. The van der Waals surface area contributed by atoms with Gasteiger partial charge in [-0.1, -0.05) is 35.9 Å². The number of carbonyl (C=O) groups is 1. The lowest BCUT2D eigenvalue weighted by atomic mass is 10.2. The fraction of sp³-hybridized carbons (Fsp3) is 0.136. The molecule has 2 aromatic heterocycles. The Hall–Kier alpha value is -3.36. The second-order valence-corrected chi connectivity index (χ2v) is 8.09. The molecule has 0 aliphatic carbocycles. The van der Waals surface area contributed by atoms with Gasteiger partial charge in [0.15, 0.2) is 0 Å². The molecular weight excluding hydrogens is 438 g/mol. The maximum atomic E-state index is 13.2. The van der Waals surface area contributed by atoms with Crippen LogP contribution in [-0.2, 0) is 17.9 Å². The van der Waals surface area contributed by atoms with Crippen molar-refractivity contribution in [2.45, 2.75) is 13.1 Å². The van der Waals surface area contributed by atoms with Crippen LogP contribution in [0.25, 0.3) is 10.2 Å². The van der Waals surface area contributed by atoms with E-state index >= 15 is 0 Å². The van der Waals surface area contributed by atoms with Crippen molar-refractivity contribution >= 4 is 44.7 Å². The molecule has 0 saturated heterocycles. The van der Waals surface area contributed by atoms with Gasteiger partial charge in [0.05, 0.1) is 19.2 Å². The molecule has 0 radical (unpaired) electrons. The van der Waals surface area contributed by atoms with E-state index in [9.17, 15) is 14.4 Å². The van der Waals surface area contributed by atoms with E-state index in [-0.39, 0.29) is 13.1 Å². The highest BCUT2D eigenvalue weighted by atomic mass is 35.5. The van der Waals surface area contributed by atoms with E-state index in [4.69, 9.17) is 16.3 Å². The molecule has 0 aliphatic rings. The summed E-state index contributed by atoms with van der Waals surface area (Å²) in [6, 6.07) is 15.6. The van der Waals surface area contributed by atoms with E-state index in [0.29, 0.717) is 32.2 Å². The van der Waals surface area contributed by atoms with E-state index < -0.39 is 17.2 Å². The number of thiophene rings is 1. The minimum absolute atomic E-state index is 0.0166. The number of halogens is 1. The summed E-state index contributed by atoms with van der Waals surface area (Å²) in [4.78, 5) is 38.8.